The first-order chi connectivity index (χ1) is 15.2. The normalized spacial score (nSPS) is 33.1. The molecule has 3 rings (SSSR count). The Kier molecular flexibility index (Phi) is 7.93. The summed E-state index contributed by atoms with van der Waals surface area (Å²) in [6.07, 6.45) is 2.96. The lowest BCUT2D eigenvalue weighted by Crippen LogP contribution is -2.58. The van der Waals surface area contributed by atoms with Gasteiger partial charge in [-0.3, -0.25) is 9.59 Å². The average molecular weight is 449 g/mol. The molecule has 2 amide bonds. The Morgan fingerprint density at radius 2 is 1.91 bits per heavy atom. The maximum Gasteiger partial charge on any atom is 0.246 e. The Hall–Kier alpha value is -1.99. The summed E-state index contributed by atoms with van der Waals surface area (Å²) in [5, 5.41) is 17.4. The molecule has 7 atom stereocenters. The van der Waals surface area contributed by atoms with Gasteiger partial charge in [0.05, 0.1) is 6.10 Å². The van der Waals surface area contributed by atoms with Crippen LogP contribution < -0.4 is 10.6 Å². The Labute approximate surface area is 190 Å². The second-order valence-corrected chi connectivity index (χ2v) is 10.0. The van der Waals surface area contributed by atoms with E-state index in [0.29, 0.717) is 6.54 Å². The van der Waals surface area contributed by atoms with Crippen molar-refractivity contribution >= 4 is 11.8 Å². The lowest BCUT2D eigenvalue weighted by Gasteiger charge is -2.56. The molecule has 178 valence electrons. The van der Waals surface area contributed by atoms with Gasteiger partial charge in [-0.25, -0.2) is 4.39 Å². The van der Waals surface area contributed by atoms with Crippen molar-refractivity contribution in [2.75, 3.05) is 13.7 Å². The summed E-state index contributed by atoms with van der Waals surface area (Å²) < 4.78 is 18.0. The highest BCUT2D eigenvalue weighted by molar-refractivity contribution is 5.78. The number of hydrogen-bond acceptors (Lipinski definition) is 4. The van der Waals surface area contributed by atoms with Gasteiger partial charge in [-0.2, -0.15) is 0 Å². The fourth-order valence-electron chi connectivity index (χ4n) is 6.02. The van der Waals surface area contributed by atoms with Crippen molar-refractivity contribution in [1.29, 1.82) is 0 Å². The molecule has 1 aromatic carbocycles. The quantitative estimate of drug-likeness (QED) is 0.598. The summed E-state index contributed by atoms with van der Waals surface area (Å²) in [7, 11) is 1.50. The van der Waals surface area contributed by atoms with Crippen molar-refractivity contribution in [3.8, 4) is 0 Å². The molecule has 2 saturated carbocycles. The molecule has 0 aromatic heterocycles. The number of halogens is 1. The van der Waals surface area contributed by atoms with Gasteiger partial charge in [-0.1, -0.05) is 32.9 Å². The Morgan fingerprint density at radius 1 is 1.25 bits per heavy atom. The van der Waals surface area contributed by atoms with Crippen LogP contribution in [0.4, 0.5) is 4.39 Å². The van der Waals surface area contributed by atoms with E-state index >= 15 is 0 Å². The molecular formula is C25H37FN2O4. The molecule has 1 aromatic rings. The molecule has 0 aliphatic heterocycles. The van der Waals surface area contributed by atoms with E-state index in [1.807, 2.05) is 6.92 Å². The van der Waals surface area contributed by atoms with E-state index in [0.717, 1.165) is 31.2 Å². The fourth-order valence-corrected chi connectivity index (χ4v) is 6.02. The molecule has 0 radical (unpaired) electrons. The standard InChI is InChI=1S/C25H37FN2O4/c1-15(24(31)27-13-17-5-7-18(26)8-6-17)19-9-11-25(3)12-10-20(28-21(29)14-32-4)16(2)22(25)23(19)30/h5-8,15-16,19-20,22-23,30H,9-14H2,1-4H3,(H,27,31)(H,28,29)/t15-,16-,19+,20-,22+,23-,25+/m0/s1. The molecule has 7 heteroatoms. The second kappa shape index (κ2) is 10.3. The zero-order chi connectivity index (χ0) is 23.5. The monoisotopic (exact) mass is 448 g/mol. The number of nitrogens with one attached hydrogen (secondary N) is 2. The summed E-state index contributed by atoms with van der Waals surface area (Å²) in [4.78, 5) is 24.9. The molecule has 6 nitrogen and oxygen atoms in total. The molecule has 0 heterocycles. The van der Waals surface area contributed by atoms with Crippen molar-refractivity contribution in [3.05, 3.63) is 35.6 Å². The topological polar surface area (TPSA) is 87.7 Å². The Balaban J connectivity index is 1.65. The molecule has 2 aliphatic rings. The van der Waals surface area contributed by atoms with Gasteiger partial charge in [-0.15, -0.1) is 0 Å². The van der Waals surface area contributed by atoms with Crippen molar-refractivity contribution in [2.45, 2.75) is 65.1 Å². The number of fused-ring (bicyclic) bond motifs is 1. The van der Waals surface area contributed by atoms with E-state index in [-0.39, 0.29) is 59.4 Å². The van der Waals surface area contributed by atoms with Crippen molar-refractivity contribution in [3.63, 3.8) is 0 Å². The number of carbonyl (C=O) groups is 2. The van der Waals surface area contributed by atoms with Gasteiger partial charge in [0.1, 0.15) is 12.4 Å². The molecule has 0 bridgehead atoms. The number of amides is 2. The third kappa shape index (κ3) is 5.31. The number of aliphatic hydroxyl groups excluding tert-OH is 1. The molecule has 2 aliphatic carbocycles. The van der Waals surface area contributed by atoms with Crippen molar-refractivity contribution < 1.29 is 23.8 Å². The van der Waals surface area contributed by atoms with Crippen LogP contribution >= 0.6 is 0 Å². The van der Waals surface area contributed by atoms with Gasteiger partial charge in [-0.05, 0) is 66.5 Å². The largest absolute Gasteiger partial charge is 0.392 e. The highest BCUT2D eigenvalue weighted by Crippen LogP contribution is 2.55. The number of rotatable bonds is 7. The minimum absolute atomic E-state index is 0.00211. The van der Waals surface area contributed by atoms with Crippen LogP contribution in [-0.4, -0.2) is 42.8 Å². The summed E-state index contributed by atoms with van der Waals surface area (Å²) in [6, 6.07) is 6.06. The first-order valence-corrected chi connectivity index (χ1v) is 11.6. The van der Waals surface area contributed by atoms with Crippen LogP contribution in [0.15, 0.2) is 24.3 Å². The van der Waals surface area contributed by atoms with Crippen LogP contribution in [-0.2, 0) is 20.9 Å². The van der Waals surface area contributed by atoms with Gasteiger partial charge >= 0.3 is 0 Å². The van der Waals surface area contributed by atoms with E-state index in [1.54, 1.807) is 12.1 Å². The van der Waals surface area contributed by atoms with Crippen LogP contribution in [0.25, 0.3) is 0 Å². The summed E-state index contributed by atoms with van der Waals surface area (Å²) in [5.74, 6) is -0.918. The van der Waals surface area contributed by atoms with Crippen LogP contribution in [0.1, 0.15) is 52.0 Å². The molecule has 32 heavy (non-hydrogen) atoms. The minimum atomic E-state index is -0.613. The van der Waals surface area contributed by atoms with Crippen LogP contribution in [0.3, 0.4) is 0 Å². The highest BCUT2D eigenvalue weighted by atomic mass is 19.1. The number of benzene rings is 1. The third-order valence-electron chi connectivity index (χ3n) is 7.95. The summed E-state index contributed by atoms with van der Waals surface area (Å²) in [6.45, 7) is 6.58. The van der Waals surface area contributed by atoms with E-state index in [9.17, 15) is 19.1 Å². The van der Waals surface area contributed by atoms with Gasteiger partial charge in [0.15, 0.2) is 0 Å². The molecule has 0 unspecified atom stereocenters. The number of aliphatic hydroxyl groups is 1. The van der Waals surface area contributed by atoms with E-state index in [4.69, 9.17) is 4.74 Å². The SMILES string of the molecule is COCC(=O)N[C@H]1CC[C@@]2(C)CC[C@H]([C@H](C)C(=O)NCc3ccc(F)cc3)[C@H](O)[C@H]2[C@H]1C. The third-order valence-corrected chi connectivity index (χ3v) is 7.95. The fraction of sp³-hybridized carbons (Fsp3) is 0.680. The minimum Gasteiger partial charge on any atom is -0.392 e. The second-order valence-electron chi connectivity index (χ2n) is 10.0. The Morgan fingerprint density at radius 3 is 2.56 bits per heavy atom. The average Bonchev–Trinajstić information content (AvgIpc) is 2.75. The lowest BCUT2D eigenvalue weighted by atomic mass is 9.51. The summed E-state index contributed by atoms with van der Waals surface area (Å²) >= 11 is 0. The first-order valence-electron chi connectivity index (χ1n) is 11.6. The van der Waals surface area contributed by atoms with Crippen LogP contribution in [0.5, 0.6) is 0 Å². The molecule has 2 fully saturated rings. The smallest absolute Gasteiger partial charge is 0.246 e. The predicted octanol–water partition coefficient (Wildman–Crippen LogP) is 3.03. The zero-order valence-electron chi connectivity index (χ0n) is 19.6. The lowest BCUT2D eigenvalue weighted by molar-refractivity contribution is -0.144. The summed E-state index contributed by atoms with van der Waals surface area (Å²) in [5.41, 5.74) is 0.835. The number of carbonyl (C=O) groups excluding carboxylic acids is 2. The molecule has 3 N–H and O–H groups in total. The van der Waals surface area contributed by atoms with Gasteiger partial charge < -0.3 is 20.5 Å². The Bertz CT molecular complexity index is 802. The van der Waals surface area contributed by atoms with Crippen molar-refractivity contribution in [1.82, 2.24) is 10.6 Å². The number of ether oxygens (including phenoxy) is 1. The van der Waals surface area contributed by atoms with Crippen LogP contribution in [0, 0.1) is 34.9 Å². The molecular weight excluding hydrogens is 411 g/mol. The van der Waals surface area contributed by atoms with Gasteiger partial charge in [0, 0.05) is 25.6 Å². The number of hydrogen-bond donors (Lipinski definition) is 3. The highest BCUT2D eigenvalue weighted by Gasteiger charge is 2.53. The van der Waals surface area contributed by atoms with Gasteiger partial charge in [0.25, 0.3) is 0 Å². The molecule has 0 saturated heterocycles. The van der Waals surface area contributed by atoms with Crippen molar-refractivity contribution in [2.24, 2.45) is 29.1 Å². The van der Waals surface area contributed by atoms with Gasteiger partial charge in [0.2, 0.25) is 11.8 Å². The van der Waals surface area contributed by atoms with E-state index < -0.39 is 6.10 Å². The predicted molar refractivity (Wildman–Crippen MR) is 120 cm³/mol. The zero-order valence-corrected chi connectivity index (χ0v) is 19.6. The van der Waals surface area contributed by atoms with Crippen LogP contribution in [0.2, 0.25) is 0 Å². The van der Waals surface area contributed by atoms with E-state index in [1.165, 1.54) is 19.2 Å². The maximum atomic E-state index is 13.1. The maximum absolute atomic E-state index is 13.1. The van der Waals surface area contributed by atoms with E-state index in [2.05, 4.69) is 24.5 Å². The number of methoxy groups -OCH3 is 1. The molecule has 0 spiro atoms. The first kappa shape index (κ1) is 24.6.